The molecule has 1 rings (SSSR count). The van der Waals surface area contributed by atoms with E-state index in [1.54, 1.807) is 0 Å². The van der Waals surface area contributed by atoms with E-state index in [1.165, 1.54) is 11.3 Å². The summed E-state index contributed by atoms with van der Waals surface area (Å²) in [6.45, 7) is 4.44. The molecule has 3 heteroatoms. The first-order valence-corrected chi connectivity index (χ1v) is 6.91. The third kappa shape index (κ3) is 3.16. The lowest BCUT2D eigenvalue weighted by atomic mass is 10.1. The van der Waals surface area contributed by atoms with Crippen molar-refractivity contribution in [2.24, 2.45) is 0 Å². The standard InChI is InChI=1S/C13H21NOS/c1-10-7-12(8-15)5-6-13(10)14(3)11(2)9-16-4/h5-7,11,15H,8-9H2,1-4H3. The van der Waals surface area contributed by atoms with E-state index in [0.717, 1.165) is 11.3 Å². The lowest BCUT2D eigenvalue weighted by Gasteiger charge is -2.28. The Hall–Kier alpha value is -0.670. The van der Waals surface area contributed by atoms with E-state index in [1.807, 2.05) is 17.8 Å². The Labute approximate surface area is 103 Å². The second-order valence-corrected chi connectivity index (χ2v) is 5.10. The van der Waals surface area contributed by atoms with Crippen LogP contribution in [0.1, 0.15) is 18.1 Å². The predicted octanol–water partition coefficient (Wildman–Crippen LogP) is 2.68. The molecule has 0 aromatic heterocycles. The molecular formula is C13H21NOS. The molecule has 16 heavy (non-hydrogen) atoms. The van der Waals surface area contributed by atoms with Crippen molar-refractivity contribution in [2.75, 3.05) is 24.0 Å². The molecule has 0 heterocycles. The molecule has 1 aromatic carbocycles. The van der Waals surface area contributed by atoms with Gasteiger partial charge in [-0.05, 0) is 37.3 Å². The van der Waals surface area contributed by atoms with Crippen molar-refractivity contribution in [1.29, 1.82) is 0 Å². The molecule has 1 atom stereocenters. The van der Waals surface area contributed by atoms with Gasteiger partial charge in [0, 0.05) is 24.5 Å². The van der Waals surface area contributed by atoms with Gasteiger partial charge in [0.1, 0.15) is 0 Å². The van der Waals surface area contributed by atoms with Crippen LogP contribution in [0.2, 0.25) is 0 Å². The SMILES string of the molecule is CSCC(C)N(C)c1ccc(CO)cc1C. The van der Waals surface area contributed by atoms with Gasteiger partial charge in [-0.1, -0.05) is 12.1 Å². The number of aliphatic hydroxyl groups is 1. The highest BCUT2D eigenvalue weighted by Crippen LogP contribution is 2.22. The number of aliphatic hydroxyl groups excluding tert-OH is 1. The molecule has 0 aliphatic carbocycles. The third-order valence-corrected chi connectivity index (χ3v) is 3.71. The molecule has 0 saturated carbocycles. The van der Waals surface area contributed by atoms with Crippen molar-refractivity contribution >= 4 is 17.4 Å². The second kappa shape index (κ2) is 6.16. The van der Waals surface area contributed by atoms with Gasteiger partial charge >= 0.3 is 0 Å². The molecule has 0 aliphatic heterocycles. The Balaban J connectivity index is 2.87. The van der Waals surface area contributed by atoms with Crippen molar-refractivity contribution in [3.8, 4) is 0 Å². The zero-order valence-corrected chi connectivity index (χ0v) is 11.3. The molecule has 0 amide bonds. The van der Waals surface area contributed by atoms with Crippen LogP contribution in [0.25, 0.3) is 0 Å². The number of benzene rings is 1. The summed E-state index contributed by atoms with van der Waals surface area (Å²) >= 11 is 1.86. The number of anilines is 1. The first-order chi connectivity index (χ1) is 7.60. The van der Waals surface area contributed by atoms with Gasteiger partial charge in [-0.2, -0.15) is 11.8 Å². The van der Waals surface area contributed by atoms with Crippen LogP contribution in [-0.4, -0.2) is 30.2 Å². The normalized spacial score (nSPS) is 12.6. The molecule has 0 bridgehead atoms. The summed E-state index contributed by atoms with van der Waals surface area (Å²) < 4.78 is 0. The summed E-state index contributed by atoms with van der Waals surface area (Å²) in [7, 11) is 2.13. The summed E-state index contributed by atoms with van der Waals surface area (Å²) in [4.78, 5) is 2.30. The third-order valence-electron chi connectivity index (χ3n) is 2.89. The minimum atomic E-state index is 0.116. The first kappa shape index (κ1) is 13.4. The van der Waals surface area contributed by atoms with Crippen LogP contribution < -0.4 is 4.90 Å². The van der Waals surface area contributed by atoms with E-state index in [9.17, 15) is 0 Å². The topological polar surface area (TPSA) is 23.5 Å². The Morgan fingerprint density at radius 1 is 1.44 bits per heavy atom. The molecule has 0 aliphatic rings. The summed E-state index contributed by atoms with van der Waals surface area (Å²) in [5.41, 5.74) is 3.45. The average Bonchev–Trinajstić information content (AvgIpc) is 2.28. The van der Waals surface area contributed by atoms with Crippen molar-refractivity contribution in [3.05, 3.63) is 29.3 Å². The average molecular weight is 239 g/mol. The number of thioether (sulfide) groups is 1. The number of nitrogens with zero attached hydrogens (tertiary/aromatic N) is 1. The molecule has 0 saturated heterocycles. The van der Waals surface area contributed by atoms with Gasteiger partial charge in [-0.15, -0.1) is 0 Å². The smallest absolute Gasteiger partial charge is 0.0681 e. The van der Waals surface area contributed by atoms with E-state index < -0.39 is 0 Å². The van der Waals surface area contributed by atoms with Crippen molar-refractivity contribution in [2.45, 2.75) is 26.5 Å². The van der Waals surface area contributed by atoms with Crippen LogP contribution in [0.15, 0.2) is 18.2 Å². The zero-order valence-electron chi connectivity index (χ0n) is 10.5. The van der Waals surface area contributed by atoms with Crippen LogP contribution in [0.4, 0.5) is 5.69 Å². The fourth-order valence-corrected chi connectivity index (χ4v) is 2.51. The maximum absolute atomic E-state index is 9.07. The molecule has 1 unspecified atom stereocenters. The van der Waals surface area contributed by atoms with Gasteiger partial charge in [-0.25, -0.2) is 0 Å². The monoisotopic (exact) mass is 239 g/mol. The quantitative estimate of drug-likeness (QED) is 0.854. The highest BCUT2D eigenvalue weighted by atomic mass is 32.2. The van der Waals surface area contributed by atoms with Crippen molar-refractivity contribution < 1.29 is 5.11 Å². The Bertz CT molecular complexity index is 341. The fourth-order valence-electron chi connectivity index (χ4n) is 1.80. The molecule has 0 spiro atoms. The fraction of sp³-hybridized carbons (Fsp3) is 0.538. The lowest BCUT2D eigenvalue weighted by Crippen LogP contribution is -2.31. The molecule has 0 fully saturated rings. The van der Waals surface area contributed by atoms with Gasteiger partial charge in [0.05, 0.1) is 6.61 Å². The summed E-state index contributed by atoms with van der Waals surface area (Å²) in [5.74, 6) is 1.12. The molecule has 1 aromatic rings. The predicted molar refractivity (Wildman–Crippen MR) is 73.3 cm³/mol. The van der Waals surface area contributed by atoms with Crippen LogP contribution in [0.5, 0.6) is 0 Å². The van der Waals surface area contributed by atoms with Crippen LogP contribution in [0.3, 0.4) is 0 Å². The molecular weight excluding hydrogens is 218 g/mol. The molecule has 90 valence electrons. The second-order valence-electron chi connectivity index (χ2n) is 4.19. The van der Waals surface area contributed by atoms with Gasteiger partial charge in [0.2, 0.25) is 0 Å². The largest absolute Gasteiger partial charge is 0.392 e. The van der Waals surface area contributed by atoms with Crippen LogP contribution in [-0.2, 0) is 6.61 Å². The maximum atomic E-state index is 9.07. The van der Waals surface area contributed by atoms with Gasteiger partial charge in [-0.3, -0.25) is 0 Å². The maximum Gasteiger partial charge on any atom is 0.0681 e. The van der Waals surface area contributed by atoms with Crippen molar-refractivity contribution in [1.82, 2.24) is 0 Å². The molecule has 1 N–H and O–H groups in total. The van der Waals surface area contributed by atoms with Gasteiger partial charge < -0.3 is 10.0 Å². The van der Waals surface area contributed by atoms with E-state index in [-0.39, 0.29) is 6.61 Å². The number of rotatable bonds is 5. The van der Waals surface area contributed by atoms with E-state index >= 15 is 0 Å². The lowest BCUT2D eigenvalue weighted by molar-refractivity contribution is 0.282. The summed E-state index contributed by atoms with van der Waals surface area (Å²) in [5, 5.41) is 9.07. The molecule has 2 nitrogen and oxygen atoms in total. The molecule has 0 radical (unpaired) electrons. The highest BCUT2D eigenvalue weighted by molar-refractivity contribution is 7.98. The number of hydrogen-bond acceptors (Lipinski definition) is 3. The van der Waals surface area contributed by atoms with Crippen LogP contribution >= 0.6 is 11.8 Å². The van der Waals surface area contributed by atoms with E-state index in [2.05, 4.69) is 44.2 Å². The minimum Gasteiger partial charge on any atom is -0.392 e. The van der Waals surface area contributed by atoms with E-state index in [0.29, 0.717) is 6.04 Å². The Kier molecular flexibility index (Phi) is 5.16. The first-order valence-electron chi connectivity index (χ1n) is 5.52. The summed E-state index contributed by atoms with van der Waals surface area (Å²) in [6.07, 6.45) is 2.13. The highest BCUT2D eigenvalue weighted by Gasteiger charge is 2.11. The van der Waals surface area contributed by atoms with Gasteiger partial charge in [0.15, 0.2) is 0 Å². The number of aryl methyl sites for hydroxylation is 1. The Morgan fingerprint density at radius 3 is 2.62 bits per heavy atom. The Morgan fingerprint density at radius 2 is 2.12 bits per heavy atom. The van der Waals surface area contributed by atoms with Crippen molar-refractivity contribution in [3.63, 3.8) is 0 Å². The van der Waals surface area contributed by atoms with E-state index in [4.69, 9.17) is 5.11 Å². The van der Waals surface area contributed by atoms with Crippen LogP contribution in [0, 0.1) is 6.92 Å². The van der Waals surface area contributed by atoms with Gasteiger partial charge in [0.25, 0.3) is 0 Å². The number of hydrogen-bond donors (Lipinski definition) is 1. The zero-order chi connectivity index (χ0) is 12.1. The minimum absolute atomic E-state index is 0.116. The summed E-state index contributed by atoms with van der Waals surface area (Å²) in [6, 6.07) is 6.66.